The molecule has 2 aromatic carbocycles. The number of aromatic nitrogens is 1. The first-order chi connectivity index (χ1) is 16.0. The van der Waals surface area contributed by atoms with E-state index in [2.05, 4.69) is 15.2 Å². The molecule has 2 heterocycles. The first kappa shape index (κ1) is 23.7. The summed E-state index contributed by atoms with van der Waals surface area (Å²) < 4.78 is 46.0. The van der Waals surface area contributed by atoms with Crippen LogP contribution in [0.3, 0.4) is 0 Å². The van der Waals surface area contributed by atoms with E-state index in [4.69, 9.17) is 27.7 Å². The number of carbonyl (C=O) groups is 2. The topological polar surface area (TPSA) is 122 Å². The predicted octanol–water partition coefficient (Wildman–Crippen LogP) is 4.32. The largest absolute Gasteiger partial charge is 0.350 e. The van der Waals surface area contributed by atoms with Gasteiger partial charge in [-0.15, -0.1) is 0 Å². The maximum Gasteiger partial charge on any atom is 0.283 e. The molecule has 3 aromatic rings. The van der Waals surface area contributed by atoms with Crippen LogP contribution in [0.2, 0.25) is 5.02 Å². The van der Waals surface area contributed by atoms with Crippen molar-refractivity contribution in [2.24, 2.45) is 0 Å². The Morgan fingerprint density at radius 2 is 1.71 bits per heavy atom. The minimum Gasteiger partial charge on any atom is -0.350 e. The van der Waals surface area contributed by atoms with Crippen molar-refractivity contribution < 1.29 is 26.9 Å². The number of carbonyl (C=O) groups excluding carboxylic acids is 2. The minimum absolute atomic E-state index is 0.00712. The van der Waals surface area contributed by atoms with Gasteiger partial charge in [-0.05, 0) is 56.3 Å². The van der Waals surface area contributed by atoms with Gasteiger partial charge in [0.25, 0.3) is 21.8 Å². The molecule has 0 bridgehead atoms. The van der Waals surface area contributed by atoms with Crippen molar-refractivity contribution in [3.05, 3.63) is 75.3 Å². The molecule has 0 fully saturated rings. The number of imide groups is 1. The van der Waals surface area contributed by atoms with Crippen LogP contribution in [0.4, 0.5) is 21.6 Å². The minimum atomic E-state index is -3.97. The van der Waals surface area contributed by atoms with E-state index in [9.17, 15) is 22.4 Å². The first-order valence-electron chi connectivity index (χ1n) is 9.56. The van der Waals surface area contributed by atoms with Crippen LogP contribution in [-0.2, 0) is 19.6 Å². The van der Waals surface area contributed by atoms with Crippen LogP contribution in [0.25, 0.3) is 0 Å². The van der Waals surface area contributed by atoms with Crippen molar-refractivity contribution in [2.45, 2.75) is 18.7 Å². The molecule has 2 amide bonds. The maximum absolute atomic E-state index is 13.5. The van der Waals surface area contributed by atoms with E-state index in [0.29, 0.717) is 16.9 Å². The van der Waals surface area contributed by atoms with Crippen molar-refractivity contribution in [1.82, 2.24) is 5.16 Å². The lowest BCUT2D eigenvalue weighted by Crippen LogP contribution is -2.32. The van der Waals surface area contributed by atoms with Crippen molar-refractivity contribution in [3.8, 4) is 0 Å². The fourth-order valence-electron chi connectivity index (χ4n) is 3.02. The average Bonchev–Trinajstić information content (AvgIpc) is 3.21. The monoisotopic (exact) mass is 524 g/mol. The molecule has 0 radical (unpaired) electrons. The molecular formula is C21H15Cl2FN4O5S. The Morgan fingerprint density at radius 3 is 2.29 bits per heavy atom. The van der Waals surface area contributed by atoms with E-state index in [0.717, 1.165) is 17.0 Å². The first-order valence-corrected chi connectivity index (χ1v) is 11.8. The van der Waals surface area contributed by atoms with Gasteiger partial charge in [0.1, 0.15) is 16.5 Å². The molecule has 4 rings (SSSR count). The lowest BCUT2D eigenvalue weighted by atomic mass is 10.2. The molecular weight excluding hydrogens is 510 g/mol. The standard InChI is InChI=1S/C21H15Cl2FN4O5S/c1-10-11(2)26-33-19(10)27-34(31,32)14-6-3-12(4-7-14)25-18-17(23)20(29)28(21(18)30)13-5-8-16(24)15(22)9-13/h3-9,25,27H,1-2H3. The smallest absolute Gasteiger partial charge is 0.283 e. The Hall–Kier alpha value is -3.41. The summed E-state index contributed by atoms with van der Waals surface area (Å²) in [5, 5.41) is 5.77. The molecule has 0 unspecified atom stereocenters. The Bertz CT molecular complexity index is 1470. The second-order valence-corrected chi connectivity index (χ2v) is 9.68. The predicted molar refractivity (Wildman–Crippen MR) is 124 cm³/mol. The summed E-state index contributed by atoms with van der Waals surface area (Å²) in [5.41, 5.74) is 1.21. The van der Waals surface area contributed by atoms with Crippen LogP contribution in [0.1, 0.15) is 11.3 Å². The molecule has 34 heavy (non-hydrogen) atoms. The van der Waals surface area contributed by atoms with Gasteiger partial charge in [0.15, 0.2) is 0 Å². The van der Waals surface area contributed by atoms with Crippen molar-refractivity contribution in [1.29, 1.82) is 0 Å². The summed E-state index contributed by atoms with van der Waals surface area (Å²) in [6.07, 6.45) is 0. The number of nitrogens with zero attached hydrogens (tertiary/aromatic N) is 2. The number of amides is 2. The van der Waals surface area contributed by atoms with Gasteiger partial charge in [-0.25, -0.2) is 22.4 Å². The highest BCUT2D eigenvalue weighted by Crippen LogP contribution is 2.32. The molecule has 1 aromatic heterocycles. The summed E-state index contributed by atoms with van der Waals surface area (Å²) in [7, 11) is -3.97. The summed E-state index contributed by atoms with van der Waals surface area (Å²) in [5.74, 6) is -2.31. The number of hydrogen-bond acceptors (Lipinski definition) is 7. The molecule has 13 heteroatoms. The number of rotatable bonds is 6. The Labute approximate surface area is 203 Å². The third-order valence-corrected chi connectivity index (χ3v) is 6.99. The quantitative estimate of drug-likeness (QED) is 0.460. The average molecular weight is 525 g/mol. The molecule has 9 nitrogen and oxygen atoms in total. The van der Waals surface area contributed by atoms with Gasteiger partial charge in [0.2, 0.25) is 5.88 Å². The molecule has 1 aliphatic rings. The van der Waals surface area contributed by atoms with E-state index >= 15 is 0 Å². The van der Waals surface area contributed by atoms with Gasteiger partial charge < -0.3 is 9.84 Å². The van der Waals surface area contributed by atoms with E-state index in [-0.39, 0.29) is 32.2 Å². The number of hydrogen-bond donors (Lipinski definition) is 2. The molecule has 0 saturated heterocycles. The zero-order valence-corrected chi connectivity index (χ0v) is 19.8. The molecule has 1 aliphatic heterocycles. The number of anilines is 3. The fourth-order valence-corrected chi connectivity index (χ4v) is 4.46. The Morgan fingerprint density at radius 1 is 1.03 bits per heavy atom. The highest BCUT2D eigenvalue weighted by atomic mass is 35.5. The summed E-state index contributed by atoms with van der Waals surface area (Å²) in [4.78, 5) is 26.0. The number of sulfonamides is 1. The van der Waals surface area contributed by atoms with E-state index in [1.807, 2.05) is 0 Å². The SMILES string of the molecule is Cc1noc(NS(=O)(=O)c2ccc(NC3=C(Cl)C(=O)N(c4ccc(F)c(Cl)c4)C3=O)cc2)c1C. The van der Waals surface area contributed by atoms with Crippen LogP contribution in [0.5, 0.6) is 0 Å². The molecule has 176 valence electrons. The number of nitrogens with one attached hydrogen (secondary N) is 2. The molecule has 0 spiro atoms. The summed E-state index contributed by atoms with van der Waals surface area (Å²) >= 11 is 11.8. The van der Waals surface area contributed by atoms with E-state index in [1.54, 1.807) is 13.8 Å². The van der Waals surface area contributed by atoms with Crippen LogP contribution in [0, 0.1) is 19.7 Å². The Kier molecular flexibility index (Phi) is 6.11. The van der Waals surface area contributed by atoms with Gasteiger partial charge in [0, 0.05) is 11.3 Å². The lowest BCUT2D eigenvalue weighted by Gasteiger charge is -2.15. The number of aryl methyl sites for hydroxylation is 1. The van der Waals surface area contributed by atoms with Gasteiger partial charge in [-0.1, -0.05) is 28.4 Å². The van der Waals surface area contributed by atoms with E-state index in [1.165, 1.54) is 30.3 Å². The normalized spacial score (nSPS) is 14.2. The highest BCUT2D eigenvalue weighted by molar-refractivity contribution is 7.92. The fraction of sp³-hybridized carbons (Fsp3) is 0.0952. The van der Waals surface area contributed by atoms with Gasteiger partial charge in [-0.3, -0.25) is 9.59 Å². The summed E-state index contributed by atoms with van der Waals surface area (Å²) in [6.45, 7) is 3.34. The molecule has 0 atom stereocenters. The molecule has 0 saturated carbocycles. The van der Waals surface area contributed by atoms with Crippen LogP contribution >= 0.6 is 23.2 Å². The zero-order chi connectivity index (χ0) is 24.8. The third kappa shape index (κ3) is 4.25. The van der Waals surface area contributed by atoms with Crippen LogP contribution in [-0.4, -0.2) is 25.4 Å². The van der Waals surface area contributed by atoms with Crippen molar-refractivity contribution in [2.75, 3.05) is 14.9 Å². The van der Waals surface area contributed by atoms with Crippen molar-refractivity contribution >= 4 is 62.3 Å². The van der Waals surface area contributed by atoms with Crippen LogP contribution in [0.15, 0.2) is 62.6 Å². The lowest BCUT2D eigenvalue weighted by molar-refractivity contribution is -0.120. The Balaban J connectivity index is 1.54. The zero-order valence-electron chi connectivity index (χ0n) is 17.5. The molecule has 2 N–H and O–H groups in total. The van der Waals surface area contributed by atoms with Gasteiger partial charge >= 0.3 is 0 Å². The van der Waals surface area contributed by atoms with Gasteiger partial charge in [0.05, 0.1) is 21.3 Å². The van der Waals surface area contributed by atoms with E-state index < -0.39 is 27.7 Å². The summed E-state index contributed by atoms with van der Waals surface area (Å²) in [6, 6.07) is 8.72. The maximum atomic E-state index is 13.5. The number of benzene rings is 2. The molecule has 0 aliphatic carbocycles. The van der Waals surface area contributed by atoms with Crippen molar-refractivity contribution in [3.63, 3.8) is 0 Å². The van der Waals surface area contributed by atoms with Gasteiger partial charge in [-0.2, -0.15) is 0 Å². The second-order valence-electron chi connectivity index (χ2n) is 7.21. The third-order valence-electron chi connectivity index (χ3n) is 5.01. The highest BCUT2D eigenvalue weighted by Gasteiger charge is 2.39. The second kappa shape index (κ2) is 8.75. The van der Waals surface area contributed by atoms with Crippen LogP contribution < -0.4 is 14.9 Å². The number of halogens is 3.